The fourth-order valence-corrected chi connectivity index (χ4v) is 3.49. The Morgan fingerprint density at radius 1 is 0.905 bits per heavy atom. The molecule has 2 aliphatic rings. The average Bonchev–Trinajstić information content (AvgIpc) is 2.86. The van der Waals surface area contributed by atoms with E-state index in [1.54, 1.807) is 0 Å². The fourth-order valence-electron chi connectivity index (χ4n) is 3.49. The molecule has 0 saturated heterocycles. The number of ether oxygens (including phenoxy) is 2. The Labute approximate surface area is 124 Å². The predicted octanol–water partition coefficient (Wildman–Crippen LogP) is 4.16. The van der Waals surface area contributed by atoms with Crippen molar-refractivity contribution in [2.24, 2.45) is 0 Å². The number of imidazole rings is 1. The van der Waals surface area contributed by atoms with Crippen molar-refractivity contribution in [1.29, 1.82) is 0 Å². The molecule has 1 aromatic heterocycles. The van der Waals surface area contributed by atoms with E-state index >= 15 is 0 Å². The first kappa shape index (κ1) is 13.0. The number of H-pyrrole nitrogens is 1. The summed E-state index contributed by atoms with van der Waals surface area (Å²) in [6.07, 6.45) is 9.29. The number of rotatable bonds is 1. The predicted molar refractivity (Wildman–Crippen MR) is 82.1 cm³/mol. The zero-order valence-electron chi connectivity index (χ0n) is 12.4. The third-order valence-electron chi connectivity index (χ3n) is 4.66. The molecular formula is C17H22N2O2. The summed E-state index contributed by atoms with van der Waals surface area (Å²) in [5.41, 5.74) is 2.06. The molecule has 2 aromatic rings. The quantitative estimate of drug-likeness (QED) is 0.856. The van der Waals surface area contributed by atoms with Crippen molar-refractivity contribution in [3.05, 3.63) is 18.0 Å². The van der Waals surface area contributed by atoms with Gasteiger partial charge in [0.25, 0.3) is 0 Å². The van der Waals surface area contributed by atoms with Gasteiger partial charge in [0, 0.05) is 18.1 Å². The summed E-state index contributed by atoms with van der Waals surface area (Å²) in [5, 5.41) is 0. The topological polar surface area (TPSA) is 47.1 Å². The fraction of sp³-hybridized carbons (Fsp3) is 0.588. The third-order valence-corrected chi connectivity index (χ3v) is 4.66. The lowest BCUT2D eigenvalue weighted by atomic mass is 9.91. The second-order valence-corrected chi connectivity index (χ2v) is 6.18. The first-order valence-corrected chi connectivity index (χ1v) is 8.19. The molecule has 0 radical (unpaired) electrons. The number of hydrogen-bond acceptors (Lipinski definition) is 3. The van der Waals surface area contributed by atoms with Gasteiger partial charge in [-0.05, 0) is 12.8 Å². The van der Waals surface area contributed by atoms with E-state index < -0.39 is 0 Å². The number of benzene rings is 1. The standard InChI is InChI=1S/C17H22N2O2/c1-2-4-6-12(7-5-3-1)17-18-13-10-15-16(11-14(13)19-17)21-9-8-20-15/h10-12H,1-9H2,(H,18,19). The lowest BCUT2D eigenvalue weighted by Crippen LogP contribution is -2.15. The van der Waals surface area contributed by atoms with Gasteiger partial charge in [-0.1, -0.05) is 32.1 Å². The van der Waals surface area contributed by atoms with E-state index in [1.165, 1.54) is 44.9 Å². The van der Waals surface area contributed by atoms with Gasteiger partial charge in [0.1, 0.15) is 19.0 Å². The molecule has 21 heavy (non-hydrogen) atoms. The van der Waals surface area contributed by atoms with E-state index in [0.717, 1.165) is 28.4 Å². The van der Waals surface area contributed by atoms with Gasteiger partial charge in [0.05, 0.1) is 11.0 Å². The van der Waals surface area contributed by atoms with Crippen molar-refractivity contribution < 1.29 is 9.47 Å². The highest BCUT2D eigenvalue weighted by atomic mass is 16.6. The summed E-state index contributed by atoms with van der Waals surface area (Å²) in [7, 11) is 0. The Kier molecular flexibility index (Phi) is 3.45. The zero-order valence-corrected chi connectivity index (χ0v) is 12.4. The first-order chi connectivity index (χ1) is 10.4. The highest BCUT2D eigenvalue weighted by molar-refractivity contribution is 5.80. The molecule has 4 nitrogen and oxygen atoms in total. The Bertz CT molecular complexity index is 584. The molecule has 0 amide bonds. The molecule has 1 N–H and O–H groups in total. The van der Waals surface area contributed by atoms with E-state index in [-0.39, 0.29) is 0 Å². The molecule has 112 valence electrons. The molecule has 1 fully saturated rings. The summed E-state index contributed by atoms with van der Waals surface area (Å²) >= 11 is 0. The maximum Gasteiger partial charge on any atom is 0.163 e. The van der Waals surface area contributed by atoms with Crippen molar-refractivity contribution in [2.45, 2.75) is 50.9 Å². The largest absolute Gasteiger partial charge is 0.486 e. The van der Waals surface area contributed by atoms with Gasteiger partial charge in [0.15, 0.2) is 11.5 Å². The van der Waals surface area contributed by atoms with Crippen molar-refractivity contribution in [3.8, 4) is 11.5 Å². The van der Waals surface area contributed by atoms with Crippen LogP contribution in [-0.4, -0.2) is 23.2 Å². The van der Waals surface area contributed by atoms with Gasteiger partial charge in [0.2, 0.25) is 0 Å². The van der Waals surface area contributed by atoms with Crippen LogP contribution in [0.3, 0.4) is 0 Å². The van der Waals surface area contributed by atoms with Crippen LogP contribution < -0.4 is 9.47 Å². The molecule has 4 heteroatoms. The Hall–Kier alpha value is -1.71. The number of nitrogens with zero attached hydrogens (tertiary/aromatic N) is 1. The number of nitrogens with one attached hydrogen (secondary N) is 1. The van der Waals surface area contributed by atoms with Crippen LogP contribution in [0.5, 0.6) is 11.5 Å². The highest BCUT2D eigenvalue weighted by Crippen LogP contribution is 2.36. The molecule has 1 aliphatic carbocycles. The van der Waals surface area contributed by atoms with Gasteiger partial charge in [-0.15, -0.1) is 0 Å². The number of aromatic amines is 1. The molecule has 1 aromatic carbocycles. The molecule has 1 aliphatic heterocycles. The van der Waals surface area contributed by atoms with Crippen molar-refractivity contribution in [3.63, 3.8) is 0 Å². The Morgan fingerprint density at radius 3 is 2.33 bits per heavy atom. The monoisotopic (exact) mass is 286 g/mol. The van der Waals surface area contributed by atoms with Gasteiger partial charge in [-0.25, -0.2) is 4.98 Å². The van der Waals surface area contributed by atoms with Gasteiger partial charge in [-0.2, -0.15) is 0 Å². The van der Waals surface area contributed by atoms with E-state index in [0.29, 0.717) is 19.1 Å². The van der Waals surface area contributed by atoms with Crippen molar-refractivity contribution in [2.75, 3.05) is 13.2 Å². The maximum atomic E-state index is 5.65. The van der Waals surface area contributed by atoms with Crippen molar-refractivity contribution in [1.82, 2.24) is 9.97 Å². The second kappa shape index (κ2) is 5.58. The molecule has 1 saturated carbocycles. The molecule has 2 heterocycles. The molecule has 0 bridgehead atoms. The molecule has 0 unspecified atom stereocenters. The average molecular weight is 286 g/mol. The number of fused-ring (bicyclic) bond motifs is 2. The number of aromatic nitrogens is 2. The third kappa shape index (κ3) is 2.59. The van der Waals surface area contributed by atoms with Crippen LogP contribution >= 0.6 is 0 Å². The minimum absolute atomic E-state index is 0.580. The summed E-state index contributed by atoms with van der Waals surface area (Å²) < 4.78 is 11.3. The maximum absolute atomic E-state index is 5.65. The minimum Gasteiger partial charge on any atom is -0.486 e. The van der Waals surface area contributed by atoms with Crippen LogP contribution in [0.4, 0.5) is 0 Å². The Balaban J connectivity index is 1.66. The normalized spacial score (nSPS) is 20.2. The molecule has 4 rings (SSSR count). The number of hydrogen-bond donors (Lipinski definition) is 1. The van der Waals surface area contributed by atoms with E-state index in [2.05, 4.69) is 4.98 Å². The molecular weight excluding hydrogens is 264 g/mol. The summed E-state index contributed by atoms with van der Waals surface area (Å²) in [5.74, 6) is 3.39. The zero-order chi connectivity index (χ0) is 14.1. The van der Waals surface area contributed by atoms with Crippen LogP contribution in [0.15, 0.2) is 12.1 Å². The second-order valence-electron chi connectivity index (χ2n) is 6.18. The van der Waals surface area contributed by atoms with Crippen molar-refractivity contribution >= 4 is 11.0 Å². The van der Waals surface area contributed by atoms with Gasteiger partial charge < -0.3 is 14.5 Å². The van der Waals surface area contributed by atoms with E-state index in [4.69, 9.17) is 14.5 Å². The van der Waals surface area contributed by atoms with Crippen LogP contribution in [0.1, 0.15) is 56.7 Å². The lowest BCUT2D eigenvalue weighted by molar-refractivity contribution is 0.172. The van der Waals surface area contributed by atoms with Crippen LogP contribution in [0.2, 0.25) is 0 Å². The first-order valence-electron chi connectivity index (χ1n) is 8.19. The Morgan fingerprint density at radius 2 is 1.57 bits per heavy atom. The minimum atomic E-state index is 0.580. The smallest absolute Gasteiger partial charge is 0.163 e. The van der Waals surface area contributed by atoms with E-state index in [1.807, 2.05) is 12.1 Å². The van der Waals surface area contributed by atoms with Gasteiger partial charge >= 0.3 is 0 Å². The molecule has 0 atom stereocenters. The summed E-state index contributed by atoms with van der Waals surface area (Å²) in [6.45, 7) is 1.25. The SMILES string of the molecule is c1c2c(cc3[nH]c(C4CCCCCCC4)nc13)OCCO2. The molecule has 0 spiro atoms. The lowest BCUT2D eigenvalue weighted by Gasteiger charge is -2.17. The highest BCUT2D eigenvalue weighted by Gasteiger charge is 2.19. The van der Waals surface area contributed by atoms with E-state index in [9.17, 15) is 0 Å². The van der Waals surface area contributed by atoms with Crippen LogP contribution in [-0.2, 0) is 0 Å². The van der Waals surface area contributed by atoms with Crippen LogP contribution in [0.25, 0.3) is 11.0 Å². The summed E-state index contributed by atoms with van der Waals surface area (Å²) in [6, 6.07) is 4.04. The summed E-state index contributed by atoms with van der Waals surface area (Å²) in [4.78, 5) is 8.34. The van der Waals surface area contributed by atoms with Crippen LogP contribution in [0, 0.1) is 0 Å². The van der Waals surface area contributed by atoms with Gasteiger partial charge in [-0.3, -0.25) is 0 Å².